The first-order chi connectivity index (χ1) is 6.18. The van der Waals surface area contributed by atoms with Crippen molar-refractivity contribution in [2.75, 3.05) is 5.32 Å². The number of amides is 1. The first kappa shape index (κ1) is 8.38. The SMILES string of the molecule is C[C@H]1Oc2c(Cl)cccc2NC1=O. The number of para-hydroxylation sites is 1. The van der Waals surface area contributed by atoms with Crippen molar-refractivity contribution in [1.29, 1.82) is 0 Å². The molecule has 68 valence electrons. The van der Waals surface area contributed by atoms with Crippen LogP contribution >= 0.6 is 11.6 Å². The molecule has 1 aromatic rings. The predicted octanol–water partition coefficient (Wildman–Crippen LogP) is 2.06. The smallest absolute Gasteiger partial charge is 0.265 e. The highest BCUT2D eigenvalue weighted by Gasteiger charge is 2.24. The number of carbonyl (C=O) groups is 1. The lowest BCUT2D eigenvalue weighted by Crippen LogP contribution is -2.34. The van der Waals surface area contributed by atoms with Gasteiger partial charge in [0.15, 0.2) is 11.9 Å². The summed E-state index contributed by atoms with van der Waals surface area (Å²) >= 11 is 5.88. The molecule has 2 rings (SSSR count). The minimum Gasteiger partial charge on any atom is -0.477 e. The van der Waals surface area contributed by atoms with Gasteiger partial charge in [-0.25, -0.2) is 0 Å². The lowest BCUT2D eigenvalue weighted by Gasteiger charge is -2.23. The van der Waals surface area contributed by atoms with E-state index in [4.69, 9.17) is 16.3 Å². The second kappa shape index (κ2) is 2.92. The summed E-state index contributed by atoms with van der Waals surface area (Å²) in [6.07, 6.45) is -0.479. The minimum absolute atomic E-state index is 0.144. The molecule has 0 aliphatic carbocycles. The van der Waals surface area contributed by atoms with Gasteiger partial charge in [-0.3, -0.25) is 4.79 Å². The zero-order valence-electron chi connectivity index (χ0n) is 7.00. The minimum atomic E-state index is -0.479. The van der Waals surface area contributed by atoms with Gasteiger partial charge in [-0.2, -0.15) is 0 Å². The number of anilines is 1. The summed E-state index contributed by atoms with van der Waals surface area (Å²) in [7, 11) is 0. The van der Waals surface area contributed by atoms with E-state index in [1.807, 2.05) is 0 Å². The highest BCUT2D eigenvalue weighted by atomic mass is 35.5. The van der Waals surface area contributed by atoms with E-state index in [0.29, 0.717) is 16.5 Å². The number of ether oxygens (including phenoxy) is 1. The molecule has 0 saturated heterocycles. The number of rotatable bonds is 0. The summed E-state index contributed by atoms with van der Waals surface area (Å²) < 4.78 is 5.33. The fourth-order valence-corrected chi connectivity index (χ4v) is 1.41. The Bertz CT molecular complexity index is 365. The number of hydrogen-bond acceptors (Lipinski definition) is 2. The van der Waals surface area contributed by atoms with Crippen molar-refractivity contribution in [2.24, 2.45) is 0 Å². The molecule has 13 heavy (non-hydrogen) atoms. The molecule has 0 fully saturated rings. The molecule has 1 aromatic carbocycles. The number of benzene rings is 1. The van der Waals surface area contributed by atoms with E-state index >= 15 is 0 Å². The molecule has 1 N–H and O–H groups in total. The Morgan fingerprint density at radius 3 is 3.08 bits per heavy atom. The average molecular weight is 198 g/mol. The van der Waals surface area contributed by atoms with Gasteiger partial charge in [0.2, 0.25) is 0 Å². The number of halogens is 1. The van der Waals surface area contributed by atoms with Crippen LogP contribution in [0.4, 0.5) is 5.69 Å². The fraction of sp³-hybridized carbons (Fsp3) is 0.222. The van der Waals surface area contributed by atoms with Crippen LogP contribution < -0.4 is 10.1 Å². The highest BCUT2D eigenvalue weighted by Crippen LogP contribution is 2.36. The molecule has 1 aliphatic rings. The van der Waals surface area contributed by atoms with Gasteiger partial charge in [-0.1, -0.05) is 17.7 Å². The van der Waals surface area contributed by atoms with Gasteiger partial charge in [0, 0.05) is 0 Å². The Balaban J connectivity index is 2.48. The lowest BCUT2D eigenvalue weighted by atomic mass is 10.2. The zero-order chi connectivity index (χ0) is 9.42. The van der Waals surface area contributed by atoms with E-state index in [1.165, 1.54) is 0 Å². The van der Waals surface area contributed by atoms with Gasteiger partial charge in [0.1, 0.15) is 0 Å². The third-order valence-corrected chi connectivity index (χ3v) is 2.19. The van der Waals surface area contributed by atoms with Gasteiger partial charge >= 0.3 is 0 Å². The topological polar surface area (TPSA) is 38.3 Å². The third-order valence-electron chi connectivity index (χ3n) is 1.89. The van der Waals surface area contributed by atoms with Crippen molar-refractivity contribution < 1.29 is 9.53 Å². The predicted molar refractivity (Wildman–Crippen MR) is 50.2 cm³/mol. The largest absolute Gasteiger partial charge is 0.477 e. The van der Waals surface area contributed by atoms with Gasteiger partial charge in [0.05, 0.1) is 10.7 Å². The van der Waals surface area contributed by atoms with E-state index in [-0.39, 0.29) is 5.91 Å². The van der Waals surface area contributed by atoms with E-state index in [9.17, 15) is 4.79 Å². The Morgan fingerprint density at radius 2 is 2.31 bits per heavy atom. The summed E-state index contributed by atoms with van der Waals surface area (Å²) in [5.41, 5.74) is 0.635. The molecule has 0 bridgehead atoms. The van der Waals surface area contributed by atoms with Gasteiger partial charge in [-0.05, 0) is 19.1 Å². The maximum absolute atomic E-state index is 11.2. The van der Waals surface area contributed by atoms with Crippen LogP contribution in [0.15, 0.2) is 18.2 Å². The number of nitrogens with one attached hydrogen (secondary N) is 1. The standard InChI is InChI=1S/C9H8ClNO2/c1-5-9(12)11-7-4-2-3-6(10)8(7)13-5/h2-5H,1H3,(H,11,12)/t5-/m1/s1. The fourth-order valence-electron chi connectivity index (χ4n) is 1.19. The van der Waals surface area contributed by atoms with Crippen LogP contribution in [0.1, 0.15) is 6.92 Å². The molecule has 0 unspecified atom stereocenters. The Labute approximate surface area is 80.6 Å². The van der Waals surface area contributed by atoms with Crippen LogP contribution in [-0.2, 0) is 4.79 Å². The first-order valence-corrected chi connectivity index (χ1v) is 4.32. The van der Waals surface area contributed by atoms with Crippen LogP contribution in [0.3, 0.4) is 0 Å². The Kier molecular flexibility index (Phi) is 1.88. The second-order valence-corrected chi connectivity index (χ2v) is 3.27. The first-order valence-electron chi connectivity index (χ1n) is 3.94. The summed E-state index contributed by atoms with van der Waals surface area (Å²) in [5, 5.41) is 3.22. The van der Waals surface area contributed by atoms with E-state index < -0.39 is 6.10 Å². The average Bonchev–Trinajstić information content (AvgIpc) is 2.09. The maximum atomic E-state index is 11.2. The molecule has 0 spiro atoms. The quantitative estimate of drug-likeness (QED) is 0.692. The van der Waals surface area contributed by atoms with Gasteiger partial charge in [0.25, 0.3) is 5.91 Å². The van der Waals surface area contributed by atoms with Crippen LogP contribution in [0.25, 0.3) is 0 Å². The van der Waals surface area contributed by atoms with Gasteiger partial charge in [-0.15, -0.1) is 0 Å². The maximum Gasteiger partial charge on any atom is 0.265 e. The van der Waals surface area contributed by atoms with E-state index in [1.54, 1.807) is 25.1 Å². The molecule has 3 nitrogen and oxygen atoms in total. The number of hydrogen-bond donors (Lipinski definition) is 1. The van der Waals surface area contributed by atoms with E-state index in [0.717, 1.165) is 0 Å². The van der Waals surface area contributed by atoms with Crippen LogP contribution in [-0.4, -0.2) is 12.0 Å². The molecule has 1 amide bonds. The van der Waals surface area contributed by atoms with Crippen LogP contribution in [0, 0.1) is 0 Å². The van der Waals surface area contributed by atoms with Crippen molar-refractivity contribution in [3.05, 3.63) is 23.2 Å². The molecular formula is C9H8ClNO2. The van der Waals surface area contributed by atoms with Gasteiger partial charge < -0.3 is 10.1 Å². The molecule has 0 radical (unpaired) electrons. The molecular weight excluding hydrogens is 190 g/mol. The summed E-state index contributed by atoms with van der Waals surface area (Å²) in [6, 6.07) is 5.25. The van der Waals surface area contributed by atoms with Crippen molar-refractivity contribution in [3.63, 3.8) is 0 Å². The normalized spacial score (nSPS) is 20.2. The van der Waals surface area contributed by atoms with Crippen molar-refractivity contribution in [3.8, 4) is 5.75 Å². The van der Waals surface area contributed by atoms with Crippen molar-refractivity contribution in [2.45, 2.75) is 13.0 Å². The number of fused-ring (bicyclic) bond motifs is 1. The monoisotopic (exact) mass is 197 g/mol. The zero-order valence-corrected chi connectivity index (χ0v) is 7.76. The van der Waals surface area contributed by atoms with Crippen molar-refractivity contribution in [1.82, 2.24) is 0 Å². The summed E-state index contributed by atoms with van der Waals surface area (Å²) in [5.74, 6) is 0.408. The molecule has 4 heteroatoms. The molecule has 0 saturated carbocycles. The Hall–Kier alpha value is -1.22. The third kappa shape index (κ3) is 1.35. The molecule has 1 atom stereocenters. The second-order valence-electron chi connectivity index (χ2n) is 2.87. The lowest BCUT2D eigenvalue weighted by molar-refractivity contribution is -0.122. The van der Waals surface area contributed by atoms with Crippen molar-refractivity contribution >= 4 is 23.2 Å². The Morgan fingerprint density at radius 1 is 1.54 bits per heavy atom. The molecule has 1 aliphatic heterocycles. The molecule has 1 heterocycles. The number of carbonyl (C=O) groups excluding carboxylic acids is 1. The van der Waals surface area contributed by atoms with E-state index in [2.05, 4.69) is 5.32 Å². The highest BCUT2D eigenvalue weighted by molar-refractivity contribution is 6.32. The summed E-state index contributed by atoms with van der Waals surface area (Å²) in [4.78, 5) is 11.2. The summed E-state index contributed by atoms with van der Waals surface area (Å²) in [6.45, 7) is 1.68. The van der Waals surface area contributed by atoms with Crippen LogP contribution in [0.2, 0.25) is 5.02 Å². The molecule has 0 aromatic heterocycles. The van der Waals surface area contributed by atoms with Crippen LogP contribution in [0.5, 0.6) is 5.75 Å².